The fourth-order valence-corrected chi connectivity index (χ4v) is 1.39. The fraction of sp³-hybridized carbons (Fsp3) is 0.273. The Labute approximate surface area is 82.4 Å². The quantitative estimate of drug-likeness (QED) is 0.670. The molecule has 3 nitrogen and oxygen atoms in total. The lowest BCUT2D eigenvalue weighted by molar-refractivity contribution is 0.0611. The van der Waals surface area contributed by atoms with Crippen molar-refractivity contribution in [3.05, 3.63) is 41.9 Å². The second-order valence-electron chi connectivity index (χ2n) is 3.17. The number of allylic oxidation sites excluding steroid dienone is 2. The minimum atomic E-state index is -0.362. The van der Waals surface area contributed by atoms with Crippen LogP contribution in [0.25, 0.3) is 0 Å². The van der Waals surface area contributed by atoms with Crippen LogP contribution < -0.4 is 0 Å². The standard InChI is InChI=1S/C11H11NO2/c13-11(10-7-3-4-8-12-10)14-9-5-1-2-6-9/h3-5,7-8H,1-2,6H2. The molecular weight excluding hydrogens is 178 g/mol. The summed E-state index contributed by atoms with van der Waals surface area (Å²) in [6.45, 7) is 0. The molecule has 3 heteroatoms. The Morgan fingerprint density at radius 1 is 1.43 bits per heavy atom. The molecule has 0 N–H and O–H groups in total. The molecule has 0 amide bonds. The van der Waals surface area contributed by atoms with Crippen LogP contribution in [0.5, 0.6) is 0 Å². The highest BCUT2D eigenvalue weighted by Crippen LogP contribution is 2.19. The van der Waals surface area contributed by atoms with Crippen molar-refractivity contribution in [2.45, 2.75) is 19.3 Å². The van der Waals surface area contributed by atoms with Gasteiger partial charge in [-0.3, -0.25) is 0 Å². The van der Waals surface area contributed by atoms with Gasteiger partial charge in [-0.15, -0.1) is 0 Å². The first-order valence-corrected chi connectivity index (χ1v) is 4.68. The van der Waals surface area contributed by atoms with Crippen LogP contribution in [-0.2, 0) is 4.74 Å². The molecule has 0 bridgehead atoms. The van der Waals surface area contributed by atoms with E-state index in [1.807, 2.05) is 6.08 Å². The van der Waals surface area contributed by atoms with E-state index in [-0.39, 0.29) is 5.97 Å². The number of pyridine rings is 1. The molecule has 1 aliphatic rings. The summed E-state index contributed by atoms with van der Waals surface area (Å²) < 4.78 is 5.16. The number of rotatable bonds is 2. The summed E-state index contributed by atoms with van der Waals surface area (Å²) in [7, 11) is 0. The van der Waals surface area contributed by atoms with Gasteiger partial charge in [0.2, 0.25) is 0 Å². The van der Waals surface area contributed by atoms with Gasteiger partial charge >= 0.3 is 5.97 Å². The SMILES string of the molecule is O=C(OC1=CCCC1)c1ccccn1. The maximum atomic E-state index is 11.5. The molecule has 0 radical (unpaired) electrons. The van der Waals surface area contributed by atoms with Crippen LogP contribution in [0.4, 0.5) is 0 Å². The Kier molecular flexibility index (Phi) is 2.58. The van der Waals surface area contributed by atoms with E-state index >= 15 is 0 Å². The Bertz CT molecular complexity index is 357. The maximum Gasteiger partial charge on any atom is 0.361 e. The van der Waals surface area contributed by atoms with E-state index in [0.29, 0.717) is 5.69 Å². The zero-order chi connectivity index (χ0) is 9.80. The number of esters is 1. The van der Waals surface area contributed by atoms with E-state index in [1.165, 1.54) is 0 Å². The van der Waals surface area contributed by atoms with Crippen LogP contribution in [0, 0.1) is 0 Å². The summed E-state index contributed by atoms with van der Waals surface area (Å²) >= 11 is 0. The average molecular weight is 189 g/mol. The third-order valence-electron chi connectivity index (χ3n) is 2.10. The molecule has 1 aliphatic carbocycles. The van der Waals surface area contributed by atoms with Gasteiger partial charge in [0.1, 0.15) is 11.5 Å². The van der Waals surface area contributed by atoms with E-state index < -0.39 is 0 Å². The molecule has 0 saturated heterocycles. The molecule has 0 atom stereocenters. The van der Waals surface area contributed by atoms with Crippen LogP contribution in [0.3, 0.4) is 0 Å². The third-order valence-corrected chi connectivity index (χ3v) is 2.10. The maximum absolute atomic E-state index is 11.5. The highest BCUT2D eigenvalue weighted by atomic mass is 16.5. The number of hydrogen-bond donors (Lipinski definition) is 0. The first kappa shape index (κ1) is 8.94. The van der Waals surface area contributed by atoms with Crippen molar-refractivity contribution in [1.29, 1.82) is 0 Å². The number of carbonyl (C=O) groups excluding carboxylic acids is 1. The summed E-state index contributed by atoms with van der Waals surface area (Å²) in [5.41, 5.74) is 0.361. The summed E-state index contributed by atoms with van der Waals surface area (Å²) in [6, 6.07) is 5.19. The highest BCUT2D eigenvalue weighted by Gasteiger charge is 2.13. The molecule has 0 unspecified atom stereocenters. The summed E-state index contributed by atoms with van der Waals surface area (Å²) in [6.07, 6.45) is 6.48. The van der Waals surface area contributed by atoms with Gasteiger partial charge in [0.05, 0.1) is 0 Å². The van der Waals surface area contributed by atoms with Gasteiger partial charge in [-0.1, -0.05) is 6.07 Å². The Morgan fingerprint density at radius 2 is 2.36 bits per heavy atom. The van der Waals surface area contributed by atoms with Gasteiger partial charge < -0.3 is 4.74 Å². The van der Waals surface area contributed by atoms with Gasteiger partial charge in [-0.05, 0) is 31.1 Å². The number of ether oxygens (including phenoxy) is 1. The predicted molar refractivity (Wildman–Crippen MR) is 51.6 cm³/mol. The third kappa shape index (κ3) is 1.99. The van der Waals surface area contributed by atoms with E-state index in [0.717, 1.165) is 25.0 Å². The zero-order valence-corrected chi connectivity index (χ0v) is 7.77. The van der Waals surface area contributed by atoms with Crippen LogP contribution >= 0.6 is 0 Å². The van der Waals surface area contributed by atoms with E-state index in [1.54, 1.807) is 24.4 Å². The molecule has 0 fully saturated rings. The minimum absolute atomic E-state index is 0.361. The molecule has 72 valence electrons. The van der Waals surface area contributed by atoms with E-state index in [9.17, 15) is 4.79 Å². The summed E-state index contributed by atoms with van der Waals surface area (Å²) in [5.74, 6) is 0.416. The Hall–Kier alpha value is -1.64. The molecular formula is C11H11NO2. The Morgan fingerprint density at radius 3 is 3.00 bits per heavy atom. The van der Waals surface area contributed by atoms with Crippen molar-refractivity contribution in [3.8, 4) is 0 Å². The lowest BCUT2D eigenvalue weighted by Gasteiger charge is -2.02. The molecule has 1 aromatic rings. The second kappa shape index (κ2) is 4.05. The van der Waals surface area contributed by atoms with Crippen LogP contribution in [-0.4, -0.2) is 11.0 Å². The van der Waals surface area contributed by atoms with Crippen LogP contribution in [0.2, 0.25) is 0 Å². The van der Waals surface area contributed by atoms with Crippen molar-refractivity contribution < 1.29 is 9.53 Å². The smallest absolute Gasteiger partial charge is 0.361 e. The Balaban J connectivity index is 2.03. The lowest BCUT2D eigenvalue weighted by Crippen LogP contribution is -2.05. The highest BCUT2D eigenvalue weighted by molar-refractivity contribution is 5.87. The first-order valence-electron chi connectivity index (χ1n) is 4.68. The first-order chi connectivity index (χ1) is 6.86. The predicted octanol–water partition coefficient (Wildman–Crippen LogP) is 2.31. The topological polar surface area (TPSA) is 39.2 Å². The molecule has 0 saturated carbocycles. The molecule has 1 aromatic heterocycles. The molecule has 0 spiro atoms. The molecule has 14 heavy (non-hydrogen) atoms. The average Bonchev–Trinajstić information content (AvgIpc) is 2.72. The number of carbonyl (C=O) groups is 1. The van der Waals surface area contributed by atoms with Crippen molar-refractivity contribution >= 4 is 5.97 Å². The van der Waals surface area contributed by atoms with Gasteiger partial charge in [0, 0.05) is 12.6 Å². The zero-order valence-electron chi connectivity index (χ0n) is 7.77. The normalized spacial score (nSPS) is 15.0. The van der Waals surface area contributed by atoms with Gasteiger partial charge in [0.25, 0.3) is 0 Å². The van der Waals surface area contributed by atoms with Crippen molar-refractivity contribution in [2.24, 2.45) is 0 Å². The minimum Gasteiger partial charge on any atom is -0.427 e. The number of hydrogen-bond acceptors (Lipinski definition) is 3. The van der Waals surface area contributed by atoms with Gasteiger partial charge in [-0.25, -0.2) is 9.78 Å². The lowest BCUT2D eigenvalue weighted by atomic mass is 10.3. The number of aromatic nitrogens is 1. The molecule has 1 heterocycles. The van der Waals surface area contributed by atoms with Crippen LogP contribution in [0.1, 0.15) is 29.8 Å². The number of nitrogens with zero attached hydrogens (tertiary/aromatic N) is 1. The second-order valence-corrected chi connectivity index (χ2v) is 3.17. The fourth-order valence-electron chi connectivity index (χ4n) is 1.39. The van der Waals surface area contributed by atoms with Crippen LogP contribution in [0.15, 0.2) is 36.2 Å². The van der Waals surface area contributed by atoms with Gasteiger partial charge in [-0.2, -0.15) is 0 Å². The summed E-state index contributed by atoms with van der Waals surface area (Å²) in [4.78, 5) is 15.4. The molecule has 0 aliphatic heterocycles. The molecule has 2 rings (SSSR count). The van der Waals surface area contributed by atoms with E-state index in [4.69, 9.17) is 4.74 Å². The monoisotopic (exact) mass is 189 g/mol. The van der Waals surface area contributed by atoms with Crippen molar-refractivity contribution in [3.63, 3.8) is 0 Å². The summed E-state index contributed by atoms with van der Waals surface area (Å²) in [5, 5.41) is 0. The molecule has 0 aromatic carbocycles. The van der Waals surface area contributed by atoms with Crippen molar-refractivity contribution in [1.82, 2.24) is 4.98 Å². The van der Waals surface area contributed by atoms with Crippen molar-refractivity contribution in [2.75, 3.05) is 0 Å². The largest absolute Gasteiger partial charge is 0.427 e. The van der Waals surface area contributed by atoms with E-state index in [2.05, 4.69) is 4.98 Å². The van der Waals surface area contributed by atoms with Gasteiger partial charge in [0.15, 0.2) is 0 Å².